The smallest absolute Gasteiger partial charge is 0.285 e. The first-order chi connectivity index (χ1) is 13.7. The average molecular weight is 395 g/mol. The minimum absolute atomic E-state index is 0.0114. The van der Waals surface area contributed by atoms with Gasteiger partial charge in [0, 0.05) is 31.7 Å². The number of carbonyl (C=O) groups is 2. The van der Waals surface area contributed by atoms with Gasteiger partial charge in [-0.25, -0.2) is 0 Å². The molecule has 152 valence electrons. The van der Waals surface area contributed by atoms with E-state index in [0.29, 0.717) is 31.7 Å². The van der Waals surface area contributed by atoms with Crippen LogP contribution in [0.2, 0.25) is 0 Å². The lowest BCUT2D eigenvalue weighted by molar-refractivity contribution is -0.385. The maximum Gasteiger partial charge on any atom is 0.285 e. The van der Waals surface area contributed by atoms with E-state index in [9.17, 15) is 19.7 Å². The highest BCUT2D eigenvalue weighted by molar-refractivity contribution is 5.99. The summed E-state index contributed by atoms with van der Waals surface area (Å²) in [6.07, 6.45) is 0. The molecule has 0 saturated carbocycles. The number of benzene rings is 2. The molecular weight excluding hydrogens is 370 g/mol. The number of nitro groups is 1. The Bertz CT molecular complexity index is 932. The van der Waals surface area contributed by atoms with Crippen molar-refractivity contribution in [1.82, 2.24) is 9.80 Å². The zero-order valence-corrected chi connectivity index (χ0v) is 16.9. The van der Waals surface area contributed by atoms with E-state index in [4.69, 9.17) is 0 Å². The predicted molar refractivity (Wildman–Crippen MR) is 110 cm³/mol. The van der Waals surface area contributed by atoms with Crippen molar-refractivity contribution in [3.63, 3.8) is 0 Å². The van der Waals surface area contributed by atoms with Crippen LogP contribution >= 0.6 is 0 Å². The van der Waals surface area contributed by atoms with E-state index in [1.54, 1.807) is 28.9 Å². The summed E-state index contributed by atoms with van der Waals surface area (Å²) in [6.45, 7) is 6.93. The standard InChI is InChI=1S/C22H25N3O4/c1-16-8-7-11-18(19(16)25(28)29)20(26)23-12-14-24(15-13-23)21(27)22(2,3)17-9-5-4-6-10-17/h4-11H,12-15H2,1-3H3. The molecule has 7 nitrogen and oxygen atoms in total. The Morgan fingerprint density at radius 2 is 1.52 bits per heavy atom. The zero-order valence-electron chi connectivity index (χ0n) is 16.9. The molecule has 2 amide bonds. The summed E-state index contributed by atoms with van der Waals surface area (Å²) in [5.74, 6) is -0.354. The van der Waals surface area contributed by atoms with E-state index in [2.05, 4.69) is 0 Å². The van der Waals surface area contributed by atoms with Gasteiger partial charge in [0.2, 0.25) is 5.91 Å². The van der Waals surface area contributed by atoms with Crippen molar-refractivity contribution in [2.75, 3.05) is 26.2 Å². The van der Waals surface area contributed by atoms with Gasteiger partial charge in [-0.05, 0) is 32.4 Å². The van der Waals surface area contributed by atoms with Gasteiger partial charge in [0.05, 0.1) is 10.3 Å². The van der Waals surface area contributed by atoms with Gasteiger partial charge in [0.15, 0.2) is 0 Å². The molecule has 1 saturated heterocycles. The van der Waals surface area contributed by atoms with E-state index in [1.165, 1.54) is 6.07 Å². The number of rotatable bonds is 4. The molecule has 1 fully saturated rings. The number of nitrogens with zero attached hydrogens (tertiary/aromatic N) is 3. The normalized spacial score (nSPS) is 14.6. The topological polar surface area (TPSA) is 83.8 Å². The van der Waals surface area contributed by atoms with E-state index >= 15 is 0 Å². The van der Waals surface area contributed by atoms with Crippen LogP contribution in [0.4, 0.5) is 5.69 Å². The van der Waals surface area contributed by atoms with Gasteiger partial charge in [-0.1, -0.05) is 42.5 Å². The van der Waals surface area contributed by atoms with Gasteiger partial charge >= 0.3 is 0 Å². The monoisotopic (exact) mass is 395 g/mol. The summed E-state index contributed by atoms with van der Waals surface area (Å²) in [4.78, 5) is 40.2. The molecule has 0 aliphatic carbocycles. The third kappa shape index (κ3) is 3.99. The molecule has 0 radical (unpaired) electrons. The van der Waals surface area contributed by atoms with Crippen LogP contribution < -0.4 is 0 Å². The molecule has 0 atom stereocenters. The highest BCUT2D eigenvalue weighted by atomic mass is 16.6. The highest BCUT2D eigenvalue weighted by Crippen LogP contribution is 2.27. The number of amides is 2. The van der Waals surface area contributed by atoms with Gasteiger partial charge in [0.1, 0.15) is 5.56 Å². The van der Waals surface area contributed by atoms with Gasteiger partial charge in [-0.3, -0.25) is 19.7 Å². The molecule has 0 bridgehead atoms. The zero-order chi connectivity index (χ0) is 21.2. The lowest BCUT2D eigenvalue weighted by Crippen LogP contribution is -2.54. The molecule has 0 aromatic heterocycles. The summed E-state index contributed by atoms with van der Waals surface area (Å²) in [6, 6.07) is 14.4. The fourth-order valence-electron chi connectivity index (χ4n) is 3.73. The largest absolute Gasteiger partial charge is 0.338 e. The lowest BCUT2D eigenvalue weighted by atomic mass is 9.83. The number of nitro benzene ring substituents is 1. The summed E-state index contributed by atoms with van der Waals surface area (Å²) < 4.78 is 0. The third-order valence-electron chi connectivity index (χ3n) is 5.53. The molecule has 0 N–H and O–H groups in total. The van der Waals surface area contributed by atoms with Gasteiger partial charge in [-0.15, -0.1) is 0 Å². The molecule has 1 heterocycles. The molecule has 29 heavy (non-hydrogen) atoms. The maximum absolute atomic E-state index is 13.1. The summed E-state index contributed by atoms with van der Waals surface area (Å²) >= 11 is 0. The molecule has 2 aromatic rings. The SMILES string of the molecule is Cc1cccc(C(=O)N2CCN(C(=O)C(C)(C)c3ccccc3)CC2)c1[N+](=O)[O-]. The third-order valence-corrected chi connectivity index (χ3v) is 5.53. The number of piperazine rings is 1. The predicted octanol–water partition coefficient (Wildman–Crippen LogP) is 3.17. The van der Waals surface area contributed by atoms with Crippen LogP contribution in [0.5, 0.6) is 0 Å². The minimum Gasteiger partial charge on any atom is -0.338 e. The van der Waals surface area contributed by atoms with Crippen LogP contribution in [0, 0.1) is 17.0 Å². The summed E-state index contributed by atoms with van der Waals surface area (Å²) in [5.41, 5.74) is 0.682. The van der Waals surface area contributed by atoms with E-state index < -0.39 is 10.3 Å². The molecule has 2 aromatic carbocycles. The number of carbonyl (C=O) groups excluding carboxylic acids is 2. The second-order valence-electron chi connectivity index (χ2n) is 7.80. The number of para-hydroxylation sites is 1. The van der Waals surface area contributed by atoms with Crippen LogP contribution in [0.25, 0.3) is 0 Å². The van der Waals surface area contributed by atoms with Crippen molar-refractivity contribution in [2.24, 2.45) is 0 Å². The van der Waals surface area contributed by atoms with E-state index in [-0.39, 0.29) is 23.1 Å². The van der Waals surface area contributed by atoms with Crippen molar-refractivity contribution in [2.45, 2.75) is 26.2 Å². The van der Waals surface area contributed by atoms with Gasteiger partial charge in [-0.2, -0.15) is 0 Å². The first kappa shape index (κ1) is 20.5. The van der Waals surface area contributed by atoms with Gasteiger partial charge in [0.25, 0.3) is 11.6 Å². The van der Waals surface area contributed by atoms with Crippen LogP contribution in [0.1, 0.15) is 35.3 Å². The molecule has 3 rings (SSSR count). The maximum atomic E-state index is 13.1. The van der Waals surface area contributed by atoms with Crippen molar-refractivity contribution in [1.29, 1.82) is 0 Å². The lowest BCUT2D eigenvalue weighted by Gasteiger charge is -2.38. The summed E-state index contributed by atoms with van der Waals surface area (Å²) in [5, 5.41) is 11.4. The first-order valence-corrected chi connectivity index (χ1v) is 9.61. The fourth-order valence-corrected chi connectivity index (χ4v) is 3.73. The second-order valence-corrected chi connectivity index (χ2v) is 7.80. The van der Waals surface area contributed by atoms with Crippen LogP contribution in [0.3, 0.4) is 0 Å². The molecule has 7 heteroatoms. The van der Waals surface area contributed by atoms with Crippen molar-refractivity contribution >= 4 is 17.5 Å². The Morgan fingerprint density at radius 3 is 2.10 bits per heavy atom. The quantitative estimate of drug-likeness (QED) is 0.588. The molecule has 0 unspecified atom stereocenters. The Balaban J connectivity index is 1.71. The van der Waals surface area contributed by atoms with Gasteiger partial charge < -0.3 is 9.80 Å². The molecule has 1 aliphatic rings. The Morgan fingerprint density at radius 1 is 0.931 bits per heavy atom. The van der Waals surface area contributed by atoms with Crippen LogP contribution in [-0.2, 0) is 10.2 Å². The van der Waals surface area contributed by atoms with E-state index in [1.807, 2.05) is 44.2 Å². The molecule has 1 aliphatic heterocycles. The van der Waals surface area contributed by atoms with Crippen LogP contribution in [-0.4, -0.2) is 52.7 Å². The van der Waals surface area contributed by atoms with Crippen molar-refractivity contribution < 1.29 is 14.5 Å². The minimum atomic E-state index is -0.664. The average Bonchev–Trinajstić information content (AvgIpc) is 2.73. The number of aryl methyl sites for hydroxylation is 1. The first-order valence-electron chi connectivity index (χ1n) is 9.61. The van der Waals surface area contributed by atoms with Crippen molar-refractivity contribution in [3.8, 4) is 0 Å². The molecule has 0 spiro atoms. The second kappa shape index (κ2) is 8.03. The summed E-state index contributed by atoms with van der Waals surface area (Å²) in [7, 11) is 0. The van der Waals surface area contributed by atoms with Crippen LogP contribution in [0.15, 0.2) is 48.5 Å². The Kier molecular flexibility index (Phi) is 5.68. The molecular formula is C22H25N3O4. The highest BCUT2D eigenvalue weighted by Gasteiger charge is 2.36. The fraction of sp³-hybridized carbons (Fsp3) is 0.364. The van der Waals surface area contributed by atoms with Crippen molar-refractivity contribution in [3.05, 3.63) is 75.3 Å². The van der Waals surface area contributed by atoms with E-state index in [0.717, 1.165) is 5.56 Å². The Hall–Kier alpha value is -3.22. The number of hydrogen-bond acceptors (Lipinski definition) is 4. The Labute approximate surface area is 170 Å². The number of hydrogen-bond donors (Lipinski definition) is 0.